The molecule has 2 fully saturated rings. The SMILES string of the molecule is O=C(CC1(N2Cc3ccccc3C2=O)CCCCC1)NCCCN1CCOCC1. The highest BCUT2D eigenvalue weighted by Gasteiger charge is 2.45. The third-order valence-corrected chi connectivity index (χ3v) is 6.74. The van der Waals surface area contributed by atoms with E-state index in [0.717, 1.165) is 76.1 Å². The molecule has 0 bridgehead atoms. The maximum atomic E-state index is 13.1. The zero-order valence-electron chi connectivity index (χ0n) is 17.3. The summed E-state index contributed by atoms with van der Waals surface area (Å²) in [7, 11) is 0. The van der Waals surface area contributed by atoms with E-state index in [9.17, 15) is 9.59 Å². The van der Waals surface area contributed by atoms with Crippen LogP contribution in [0.1, 0.15) is 60.9 Å². The highest BCUT2D eigenvalue weighted by molar-refractivity contribution is 5.99. The zero-order valence-corrected chi connectivity index (χ0v) is 17.3. The first-order valence-corrected chi connectivity index (χ1v) is 11.1. The largest absolute Gasteiger partial charge is 0.379 e. The van der Waals surface area contributed by atoms with Crippen molar-refractivity contribution < 1.29 is 14.3 Å². The second kappa shape index (κ2) is 9.26. The molecule has 0 spiro atoms. The van der Waals surface area contributed by atoms with E-state index in [4.69, 9.17) is 4.74 Å². The molecule has 158 valence electrons. The highest BCUT2D eigenvalue weighted by Crippen LogP contribution is 2.41. The van der Waals surface area contributed by atoms with Gasteiger partial charge in [0, 0.05) is 38.2 Å². The first-order valence-electron chi connectivity index (χ1n) is 11.1. The third-order valence-electron chi connectivity index (χ3n) is 6.74. The maximum Gasteiger partial charge on any atom is 0.254 e. The molecule has 4 rings (SSSR count). The van der Waals surface area contributed by atoms with Crippen LogP contribution >= 0.6 is 0 Å². The summed E-state index contributed by atoms with van der Waals surface area (Å²) in [5, 5.41) is 3.12. The van der Waals surface area contributed by atoms with Crippen LogP contribution in [0.5, 0.6) is 0 Å². The Balaban J connectivity index is 1.33. The average molecular weight is 400 g/mol. The molecule has 1 aromatic rings. The summed E-state index contributed by atoms with van der Waals surface area (Å²) in [6.07, 6.45) is 6.59. The van der Waals surface area contributed by atoms with Crippen LogP contribution in [0.25, 0.3) is 0 Å². The van der Waals surface area contributed by atoms with E-state index in [2.05, 4.69) is 10.2 Å². The van der Waals surface area contributed by atoms with E-state index < -0.39 is 0 Å². The van der Waals surface area contributed by atoms with Gasteiger partial charge in [0.15, 0.2) is 0 Å². The average Bonchev–Trinajstić information content (AvgIpc) is 3.10. The van der Waals surface area contributed by atoms with Gasteiger partial charge in [-0.3, -0.25) is 14.5 Å². The summed E-state index contributed by atoms with van der Waals surface area (Å²) >= 11 is 0. The van der Waals surface area contributed by atoms with Gasteiger partial charge in [-0.25, -0.2) is 0 Å². The molecular formula is C23H33N3O3. The van der Waals surface area contributed by atoms with Gasteiger partial charge in [-0.05, 0) is 37.4 Å². The molecule has 2 amide bonds. The van der Waals surface area contributed by atoms with Crippen LogP contribution < -0.4 is 5.32 Å². The van der Waals surface area contributed by atoms with Crippen molar-refractivity contribution in [3.63, 3.8) is 0 Å². The van der Waals surface area contributed by atoms with E-state index in [-0.39, 0.29) is 17.4 Å². The molecule has 0 aromatic heterocycles. The van der Waals surface area contributed by atoms with Gasteiger partial charge in [0.25, 0.3) is 5.91 Å². The van der Waals surface area contributed by atoms with Crippen LogP contribution in [0, 0.1) is 0 Å². The van der Waals surface area contributed by atoms with Crippen LogP contribution in [-0.2, 0) is 16.1 Å². The van der Waals surface area contributed by atoms with Gasteiger partial charge in [-0.2, -0.15) is 0 Å². The number of fused-ring (bicyclic) bond motifs is 1. The smallest absolute Gasteiger partial charge is 0.254 e. The van der Waals surface area contributed by atoms with Crippen molar-refractivity contribution in [3.8, 4) is 0 Å². The Labute approximate surface area is 173 Å². The third kappa shape index (κ3) is 4.64. The van der Waals surface area contributed by atoms with Gasteiger partial charge >= 0.3 is 0 Å². The summed E-state index contributed by atoms with van der Waals surface area (Å²) in [5.41, 5.74) is 1.57. The molecule has 2 heterocycles. The first kappa shape index (κ1) is 20.4. The predicted octanol–water partition coefficient (Wildman–Crippen LogP) is 2.57. The van der Waals surface area contributed by atoms with Crippen molar-refractivity contribution in [2.45, 2.75) is 57.0 Å². The fraction of sp³-hybridized carbons (Fsp3) is 0.652. The van der Waals surface area contributed by atoms with E-state index in [0.29, 0.717) is 19.5 Å². The number of nitrogens with zero attached hydrogens (tertiary/aromatic N) is 2. The Morgan fingerprint density at radius 3 is 2.62 bits per heavy atom. The number of rotatable bonds is 7. The fourth-order valence-electron chi connectivity index (χ4n) is 5.11. The van der Waals surface area contributed by atoms with Gasteiger partial charge in [-0.15, -0.1) is 0 Å². The number of hydrogen-bond acceptors (Lipinski definition) is 4. The van der Waals surface area contributed by atoms with E-state index in [1.807, 2.05) is 29.2 Å². The van der Waals surface area contributed by atoms with Gasteiger partial charge in [-0.1, -0.05) is 37.5 Å². The molecule has 0 atom stereocenters. The van der Waals surface area contributed by atoms with Crippen molar-refractivity contribution in [1.82, 2.24) is 15.1 Å². The van der Waals surface area contributed by atoms with Gasteiger partial charge < -0.3 is 15.0 Å². The van der Waals surface area contributed by atoms with Crippen molar-refractivity contribution in [1.29, 1.82) is 0 Å². The molecule has 6 heteroatoms. The van der Waals surface area contributed by atoms with Gasteiger partial charge in [0.1, 0.15) is 0 Å². The van der Waals surface area contributed by atoms with Crippen LogP contribution in [0.2, 0.25) is 0 Å². The maximum absolute atomic E-state index is 13.1. The Bertz CT molecular complexity index is 724. The number of amides is 2. The minimum Gasteiger partial charge on any atom is -0.379 e. The molecule has 6 nitrogen and oxygen atoms in total. The van der Waals surface area contributed by atoms with E-state index in [1.54, 1.807) is 0 Å². The van der Waals surface area contributed by atoms with Crippen LogP contribution in [0.15, 0.2) is 24.3 Å². The number of morpholine rings is 1. The minimum absolute atomic E-state index is 0.0811. The quantitative estimate of drug-likeness (QED) is 0.716. The van der Waals surface area contributed by atoms with Crippen LogP contribution in [0.3, 0.4) is 0 Å². The number of ether oxygens (including phenoxy) is 1. The van der Waals surface area contributed by atoms with Crippen molar-refractivity contribution in [2.24, 2.45) is 0 Å². The molecule has 2 aliphatic heterocycles. The number of benzene rings is 1. The van der Waals surface area contributed by atoms with Crippen molar-refractivity contribution in [2.75, 3.05) is 39.4 Å². The van der Waals surface area contributed by atoms with Crippen molar-refractivity contribution in [3.05, 3.63) is 35.4 Å². The van der Waals surface area contributed by atoms with Crippen LogP contribution in [-0.4, -0.2) is 66.5 Å². The number of hydrogen-bond donors (Lipinski definition) is 1. The lowest BCUT2D eigenvalue weighted by molar-refractivity contribution is -0.124. The highest BCUT2D eigenvalue weighted by atomic mass is 16.5. The molecule has 1 N–H and O–H groups in total. The summed E-state index contributed by atoms with van der Waals surface area (Å²) in [4.78, 5) is 30.3. The van der Waals surface area contributed by atoms with Crippen molar-refractivity contribution >= 4 is 11.8 Å². The normalized spacial score (nSPS) is 21.8. The lowest BCUT2D eigenvalue weighted by Gasteiger charge is -2.44. The van der Waals surface area contributed by atoms with Gasteiger partial charge in [0.2, 0.25) is 5.91 Å². The topological polar surface area (TPSA) is 61.9 Å². The number of carbonyl (C=O) groups excluding carboxylic acids is 2. The summed E-state index contributed by atoms with van der Waals surface area (Å²) in [5.74, 6) is 0.181. The first-order chi connectivity index (χ1) is 14.2. The summed E-state index contributed by atoms with van der Waals surface area (Å²) < 4.78 is 5.38. The second-order valence-corrected chi connectivity index (χ2v) is 8.67. The van der Waals surface area contributed by atoms with E-state index in [1.165, 1.54) is 6.42 Å². The molecule has 29 heavy (non-hydrogen) atoms. The summed E-state index contributed by atoms with van der Waals surface area (Å²) in [6.45, 7) is 5.90. The Morgan fingerprint density at radius 1 is 1.10 bits per heavy atom. The predicted molar refractivity (Wildman–Crippen MR) is 112 cm³/mol. The molecule has 3 aliphatic rings. The molecule has 1 saturated heterocycles. The molecule has 1 saturated carbocycles. The number of nitrogens with one attached hydrogen (secondary N) is 1. The molecule has 1 aliphatic carbocycles. The minimum atomic E-state index is -0.331. The molecule has 0 unspecified atom stereocenters. The monoisotopic (exact) mass is 399 g/mol. The van der Waals surface area contributed by atoms with E-state index >= 15 is 0 Å². The van der Waals surface area contributed by atoms with Crippen LogP contribution in [0.4, 0.5) is 0 Å². The number of carbonyl (C=O) groups is 2. The molecule has 1 aromatic carbocycles. The zero-order chi connectivity index (χ0) is 20.1. The molecule has 0 radical (unpaired) electrons. The standard InChI is InChI=1S/C23H33N3O3/c27-21(24-11-6-12-25-13-15-29-16-14-25)17-23(9-4-1-5-10-23)26-18-19-7-2-3-8-20(19)22(26)28/h2-3,7-8H,1,4-6,9-18H2,(H,24,27). The Morgan fingerprint density at radius 2 is 1.86 bits per heavy atom. The fourth-order valence-corrected chi connectivity index (χ4v) is 5.11. The lowest BCUT2D eigenvalue weighted by Crippen LogP contribution is -2.52. The molecular weight excluding hydrogens is 366 g/mol. The second-order valence-electron chi connectivity index (χ2n) is 8.67. The van der Waals surface area contributed by atoms with Gasteiger partial charge in [0.05, 0.1) is 18.8 Å². The lowest BCUT2D eigenvalue weighted by atomic mass is 9.77. The Kier molecular flexibility index (Phi) is 6.50. The Hall–Kier alpha value is -1.92. The summed E-state index contributed by atoms with van der Waals surface area (Å²) in [6, 6.07) is 7.87.